The first kappa shape index (κ1) is 15.3. The third-order valence-electron chi connectivity index (χ3n) is 4.02. The Morgan fingerprint density at radius 3 is 2.74 bits per heavy atom. The molecule has 1 aliphatic rings. The molecule has 1 aliphatic heterocycles. The zero-order valence-corrected chi connectivity index (χ0v) is 13.4. The zero-order valence-electron chi connectivity index (χ0n) is 13.4. The highest BCUT2D eigenvalue weighted by molar-refractivity contribution is 5.93. The summed E-state index contributed by atoms with van der Waals surface area (Å²) in [6, 6.07) is 0. The second kappa shape index (κ2) is 6.68. The SMILES string of the molecule is CNc1ncc(C(=O)N2CCC[C@@H](c3cncc(C)n3)C2)cn1. The van der Waals surface area contributed by atoms with Gasteiger partial charge in [-0.1, -0.05) is 0 Å². The van der Waals surface area contributed by atoms with Crippen molar-refractivity contribution < 1.29 is 4.79 Å². The first-order chi connectivity index (χ1) is 11.2. The monoisotopic (exact) mass is 312 g/mol. The van der Waals surface area contributed by atoms with E-state index in [1.807, 2.05) is 11.8 Å². The van der Waals surface area contributed by atoms with Crippen molar-refractivity contribution in [1.29, 1.82) is 0 Å². The van der Waals surface area contributed by atoms with Crippen molar-refractivity contribution in [2.45, 2.75) is 25.7 Å². The van der Waals surface area contributed by atoms with E-state index in [-0.39, 0.29) is 11.8 Å². The number of likely N-dealkylation sites (tertiary alicyclic amines) is 1. The van der Waals surface area contributed by atoms with Crippen molar-refractivity contribution in [2.75, 3.05) is 25.5 Å². The number of aromatic nitrogens is 4. The fraction of sp³-hybridized carbons (Fsp3) is 0.438. The number of hydrogen-bond acceptors (Lipinski definition) is 6. The first-order valence-corrected chi connectivity index (χ1v) is 7.75. The van der Waals surface area contributed by atoms with Crippen molar-refractivity contribution in [3.63, 3.8) is 0 Å². The molecule has 23 heavy (non-hydrogen) atoms. The van der Waals surface area contributed by atoms with Gasteiger partial charge in [0.05, 0.1) is 17.0 Å². The second-order valence-corrected chi connectivity index (χ2v) is 5.72. The van der Waals surface area contributed by atoms with Crippen LogP contribution in [0.25, 0.3) is 0 Å². The number of amides is 1. The minimum absolute atomic E-state index is 0.0297. The van der Waals surface area contributed by atoms with E-state index in [0.717, 1.165) is 30.8 Å². The summed E-state index contributed by atoms with van der Waals surface area (Å²) in [6.45, 7) is 3.34. The van der Waals surface area contributed by atoms with Gasteiger partial charge < -0.3 is 10.2 Å². The maximum absolute atomic E-state index is 12.6. The van der Waals surface area contributed by atoms with Crippen LogP contribution in [0.3, 0.4) is 0 Å². The van der Waals surface area contributed by atoms with Gasteiger partial charge in [0, 0.05) is 50.8 Å². The smallest absolute Gasteiger partial charge is 0.257 e. The highest BCUT2D eigenvalue weighted by Gasteiger charge is 2.26. The van der Waals surface area contributed by atoms with E-state index in [9.17, 15) is 4.79 Å². The average Bonchev–Trinajstić information content (AvgIpc) is 2.61. The van der Waals surface area contributed by atoms with Crippen LogP contribution in [0.5, 0.6) is 0 Å². The minimum Gasteiger partial charge on any atom is -0.357 e. The molecule has 1 fully saturated rings. The van der Waals surface area contributed by atoms with Gasteiger partial charge in [-0.05, 0) is 19.8 Å². The Labute approximate surface area is 135 Å². The Balaban J connectivity index is 1.73. The lowest BCUT2D eigenvalue weighted by atomic mass is 9.94. The lowest BCUT2D eigenvalue weighted by Crippen LogP contribution is -2.39. The van der Waals surface area contributed by atoms with E-state index < -0.39 is 0 Å². The number of anilines is 1. The lowest BCUT2D eigenvalue weighted by molar-refractivity contribution is 0.0705. The molecule has 0 bridgehead atoms. The first-order valence-electron chi connectivity index (χ1n) is 7.75. The number of carbonyl (C=O) groups excluding carboxylic acids is 1. The van der Waals surface area contributed by atoms with Crippen LogP contribution in [-0.4, -0.2) is 50.9 Å². The van der Waals surface area contributed by atoms with Gasteiger partial charge in [0.2, 0.25) is 5.95 Å². The van der Waals surface area contributed by atoms with E-state index >= 15 is 0 Å². The number of piperidine rings is 1. The van der Waals surface area contributed by atoms with E-state index in [0.29, 0.717) is 18.1 Å². The Morgan fingerprint density at radius 1 is 1.26 bits per heavy atom. The van der Waals surface area contributed by atoms with Gasteiger partial charge in [0.25, 0.3) is 5.91 Å². The van der Waals surface area contributed by atoms with Crippen LogP contribution in [0.2, 0.25) is 0 Å². The maximum atomic E-state index is 12.6. The molecular formula is C16H20N6O. The van der Waals surface area contributed by atoms with E-state index in [4.69, 9.17) is 0 Å². The van der Waals surface area contributed by atoms with Gasteiger partial charge in [-0.15, -0.1) is 0 Å². The van der Waals surface area contributed by atoms with Crippen molar-refractivity contribution in [1.82, 2.24) is 24.8 Å². The summed E-state index contributed by atoms with van der Waals surface area (Å²) in [7, 11) is 1.74. The fourth-order valence-electron chi connectivity index (χ4n) is 2.83. The van der Waals surface area contributed by atoms with E-state index in [2.05, 4.69) is 25.3 Å². The molecule has 3 heterocycles. The van der Waals surface area contributed by atoms with Gasteiger partial charge in [0.15, 0.2) is 0 Å². The number of aryl methyl sites for hydroxylation is 1. The lowest BCUT2D eigenvalue weighted by Gasteiger charge is -2.32. The van der Waals surface area contributed by atoms with Crippen LogP contribution in [-0.2, 0) is 0 Å². The Kier molecular flexibility index (Phi) is 4.45. The Morgan fingerprint density at radius 2 is 2.04 bits per heavy atom. The molecule has 120 valence electrons. The highest BCUT2D eigenvalue weighted by Crippen LogP contribution is 2.26. The quantitative estimate of drug-likeness (QED) is 0.927. The predicted octanol–water partition coefficient (Wildman–Crippen LogP) is 1.64. The number of rotatable bonds is 3. The molecule has 1 atom stereocenters. The summed E-state index contributed by atoms with van der Waals surface area (Å²) < 4.78 is 0. The zero-order chi connectivity index (χ0) is 16.2. The average molecular weight is 312 g/mol. The largest absolute Gasteiger partial charge is 0.357 e. The topological polar surface area (TPSA) is 83.9 Å². The van der Waals surface area contributed by atoms with Crippen LogP contribution in [0.1, 0.15) is 40.5 Å². The van der Waals surface area contributed by atoms with Gasteiger partial charge in [-0.25, -0.2) is 9.97 Å². The van der Waals surface area contributed by atoms with Crippen molar-refractivity contribution in [3.05, 3.63) is 41.7 Å². The van der Waals surface area contributed by atoms with Crippen molar-refractivity contribution in [3.8, 4) is 0 Å². The third-order valence-corrected chi connectivity index (χ3v) is 4.02. The van der Waals surface area contributed by atoms with Crippen LogP contribution in [0.4, 0.5) is 5.95 Å². The van der Waals surface area contributed by atoms with Gasteiger partial charge in [-0.3, -0.25) is 14.8 Å². The third kappa shape index (κ3) is 3.44. The summed E-state index contributed by atoms with van der Waals surface area (Å²) in [5.74, 6) is 0.712. The van der Waals surface area contributed by atoms with Gasteiger partial charge >= 0.3 is 0 Å². The van der Waals surface area contributed by atoms with Crippen LogP contribution in [0, 0.1) is 6.92 Å². The van der Waals surface area contributed by atoms with Crippen LogP contribution >= 0.6 is 0 Å². The normalized spacial score (nSPS) is 17.8. The van der Waals surface area contributed by atoms with Crippen molar-refractivity contribution >= 4 is 11.9 Å². The molecule has 0 aliphatic carbocycles. The summed E-state index contributed by atoms with van der Waals surface area (Å²) >= 11 is 0. The van der Waals surface area contributed by atoms with Crippen LogP contribution in [0.15, 0.2) is 24.8 Å². The van der Waals surface area contributed by atoms with E-state index in [1.54, 1.807) is 31.8 Å². The van der Waals surface area contributed by atoms with E-state index in [1.165, 1.54) is 0 Å². The second-order valence-electron chi connectivity index (χ2n) is 5.72. The molecule has 1 amide bonds. The molecule has 1 N–H and O–H groups in total. The highest BCUT2D eigenvalue weighted by atomic mass is 16.2. The molecule has 0 radical (unpaired) electrons. The number of hydrogen-bond donors (Lipinski definition) is 1. The molecule has 0 spiro atoms. The molecule has 2 aromatic heterocycles. The molecule has 7 heteroatoms. The standard InChI is InChI=1S/C16H20N6O/c1-11-6-18-9-14(21-11)12-4-3-5-22(10-12)15(23)13-7-19-16(17-2)20-8-13/h6-9,12H,3-5,10H2,1-2H3,(H,17,19,20)/t12-/m1/s1. The molecule has 7 nitrogen and oxygen atoms in total. The maximum Gasteiger partial charge on any atom is 0.257 e. The summed E-state index contributed by atoms with van der Waals surface area (Å²) in [5, 5.41) is 2.84. The molecule has 3 rings (SSSR count). The van der Waals surface area contributed by atoms with Crippen molar-refractivity contribution in [2.24, 2.45) is 0 Å². The molecule has 1 saturated heterocycles. The van der Waals surface area contributed by atoms with Crippen LogP contribution < -0.4 is 5.32 Å². The molecular weight excluding hydrogens is 292 g/mol. The Bertz CT molecular complexity index is 687. The number of nitrogens with zero attached hydrogens (tertiary/aromatic N) is 5. The molecule has 0 unspecified atom stereocenters. The predicted molar refractivity (Wildman–Crippen MR) is 86.2 cm³/mol. The number of carbonyl (C=O) groups is 1. The summed E-state index contributed by atoms with van der Waals surface area (Å²) in [6.07, 6.45) is 8.67. The molecule has 2 aromatic rings. The minimum atomic E-state index is -0.0297. The molecule has 0 aromatic carbocycles. The fourth-order valence-corrected chi connectivity index (χ4v) is 2.83. The van der Waals surface area contributed by atoms with Gasteiger partial charge in [-0.2, -0.15) is 0 Å². The molecule has 0 saturated carbocycles. The summed E-state index contributed by atoms with van der Waals surface area (Å²) in [5.41, 5.74) is 2.38. The number of nitrogens with one attached hydrogen (secondary N) is 1. The Hall–Kier alpha value is -2.57. The van der Waals surface area contributed by atoms with Gasteiger partial charge in [0.1, 0.15) is 0 Å². The summed E-state index contributed by atoms with van der Waals surface area (Å²) in [4.78, 5) is 31.5.